The predicted molar refractivity (Wildman–Crippen MR) is 74.8 cm³/mol. The van der Waals surface area contributed by atoms with Crippen molar-refractivity contribution in [2.24, 2.45) is 22.9 Å². The van der Waals surface area contributed by atoms with Crippen molar-refractivity contribution in [3.8, 4) is 0 Å². The molecule has 0 saturated heterocycles. The van der Waals surface area contributed by atoms with E-state index in [0.717, 1.165) is 0 Å². The van der Waals surface area contributed by atoms with E-state index < -0.39 is 21.2 Å². The molecule has 6 nitrogen and oxygen atoms in total. The van der Waals surface area contributed by atoms with Crippen molar-refractivity contribution in [3.63, 3.8) is 0 Å². The smallest absolute Gasteiger partial charge is 0.205 e. The van der Waals surface area contributed by atoms with Crippen molar-refractivity contribution in [2.75, 3.05) is 0 Å². The highest BCUT2D eigenvalue weighted by Gasteiger charge is 2.28. The van der Waals surface area contributed by atoms with Crippen LogP contribution in [0.25, 0.3) is 0 Å². The van der Waals surface area contributed by atoms with Crippen LogP contribution >= 0.6 is 0 Å². The molecule has 0 aromatic carbocycles. The molecule has 104 valence electrons. The van der Waals surface area contributed by atoms with E-state index in [0.29, 0.717) is 0 Å². The predicted octanol–water partition coefficient (Wildman–Crippen LogP) is -0.684. The van der Waals surface area contributed by atoms with Gasteiger partial charge in [0.15, 0.2) is 0 Å². The molecule has 2 aliphatic rings. The molecule has 0 amide bonds. The van der Waals surface area contributed by atoms with E-state index >= 15 is 0 Å². The molecule has 0 aliphatic heterocycles. The summed E-state index contributed by atoms with van der Waals surface area (Å²) in [6, 6.07) is 0. The minimum atomic E-state index is -3.56. The van der Waals surface area contributed by atoms with Crippen molar-refractivity contribution in [3.05, 3.63) is 46.3 Å². The largest absolute Gasteiger partial charge is 0.310 e. The Kier molecular flexibility index (Phi) is 3.28. The van der Waals surface area contributed by atoms with Crippen molar-refractivity contribution in [2.45, 2.75) is 24.2 Å². The molecule has 8 N–H and O–H groups in total. The Morgan fingerprint density at radius 3 is 1.47 bits per heavy atom. The van der Waals surface area contributed by atoms with Crippen LogP contribution in [0.15, 0.2) is 46.3 Å². The summed E-state index contributed by atoms with van der Waals surface area (Å²) >= 11 is 0. The fraction of sp³-hybridized carbons (Fsp3) is 0.333. The topological polar surface area (TPSA) is 138 Å². The van der Waals surface area contributed by atoms with Crippen molar-refractivity contribution >= 4 is 9.84 Å². The molecule has 0 heterocycles. The van der Waals surface area contributed by atoms with Gasteiger partial charge in [-0.15, -0.1) is 0 Å². The zero-order valence-corrected chi connectivity index (χ0v) is 11.2. The summed E-state index contributed by atoms with van der Waals surface area (Å²) in [7, 11) is -3.56. The van der Waals surface area contributed by atoms with Gasteiger partial charge >= 0.3 is 0 Å². The second-order valence-electron chi connectivity index (χ2n) is 5.02. The normalized spacial score (nSPS) is 24.8. The molecule has 7 heteroatoms. The van der Waals surface area contributed by atoms with Crippen LogP contribution in [0.5, 0.6) is 0 Å². The van der Waals surface area contributed by atoms with Gasteiger partial charge in [0, 0.05) is 12.8 Å². The number of allylic oxidation sites excluding steroid dienone is 2. The van der Waals surface area contributed by atoms with Crippen LogP contribution in [-0.2, 0) is 9.84 Å². The molecule has 0 spiro atoms. The molecular weight excluding hydrogens is 264 g/mol. The van der Waals surface area contributed by atoms with E-state index in [1.165, 1.54) is 36.5 Å². The summed E-state index contributed by atoms with van der Waals surface area (Å²) in [5, 5.41) is 0. The highest BCUT2D eigenvalue weighted by atomic mass is 32.2. The first-order chi connectivity index (χ1) is 8.62. The van der Waals surface area contributed by atoms with E-state index in [1.54, 1.807) is 0 Å². The summed E-state index contributed by atoms with van der Waals surface area (Å²) < 4.78 is 24.7. The van der Waals surface area contributed by atoms with Crippen molar-refractivity contribution in [1.29, 1.82) is 0 Å². The van der Waals surface area contributed by atoms with Crippen LogP contribution in [0.1, 0.15) is 12.8 Å². The molecule has 0 saturated carbocycles. The van der Waals surface area contributed by atoms with E-state index in [-0.39, 0.29) is 22.7 Å². The first-order valence-electron chi connectivity index (χ1n) is 5.82. The Morgan fingerprint density at radius 2 is 1.21 bits per heavy atom. The lowest BCUT2D eigenvalue weighted by molar-refractivity contribution is 0.553. The van der Waals surface area contributed by atoms with Crippen LogP contribution in [-0.4, -0.2) is 19.7 Å². The molecule has 0 atom stereocenters. The highest BCUT2D eigenvalue weighted by Crippen LogP contribution is 2.27. The lowest BCUT2D eigenvalue weighted by Crippen LogP contribution is -2.48. The molecule has 0 fully saturated rings. The summed E-state index contributed by atoms with van der Waals surface area (Å²) in [5.74, 6) is 0. The molecule has 0 aromatic rings. The number of sulfone groups is 1. The third kappa shape index (κ3) is 3.02. The van der Waals surface area contributed by atoms with Gasteiger partial charge in [-0.3, -0.25) is 0 Å². The van der Waals surface area contributed by atoms with Crippen LogP contribution in [0, 0.1) is 0 Å². The van der Waals surface area contributed by atoms with Gasteiger partial charge < -0.3 is 22.9 Å². The molecule has 0 radical (unpaired) electrons. The molecule has 19 heavy (non-hydrogen) atoms. The molecule has 2 rings (SSSR count). The van der Waals surface area contributed by atoms with Gasteiger partial charge in [0.2, 0.25) is 9.84 Å². The van der Waals surface area contributed by atoms with E-state index in [9.17, 15) is 8.42 Å². The Labute approximate surface area is 112 Å². The summed E-state index contributed by atoms with van der Waals surface area (Å²) in [6.45, 7) is 0. The van der Waals surface area contributed by atoms with Crippen LogP contribution in [0.2, 0.25) is 0 Å². The van der Waals surface area contributed by atoms with Crippen molar-refractivity contribution in [1.82, 2.24) is 0 Å². The minimum absolute atomic E-state index is 0.191. The van der Waals surface area contributed by atoms with Crippen LogP contribution in [0.3, 0.4) is 0 Å². The maximum atomic E-state index is 12.4. The average Bonchev–Trinajstić information content (AvgIpc) is 2.27. The van der Waals surface area contributed by atoms with E-state index in [2.05, 4.69) is 0 Å². The molecular formula is C12H18N4O2S. The monoisotopic (exact) mass is 282 g/mol. The standard InChI is InChI=1S/C12H18N4O2S/c13-11(14)5-1-9(2-6-11)19(17,18)10-3-7-12(15,16)8-4-10/h1-5,7H,6,8,13-16H2. The quantitative estimate of drug-likeness (QED) is 0.495. The summed E-state index contributed by atoms with van der Waals surface area (Å²) in [4.78, 5) is 0.382. The Morgan fingerprint density at radius 1 is 0.842 bits per heavy atom. The Hall–Kier alpha value is -1.25. The van der Waals surface area contributed by atoms with Gasteiger partial charge in [-0.1, -0.05) is 12.2 Å². The first kappa shape index (κ1) is 14.2. The third-order valence-electron chi connectivity index (χ3n) is 3.05. The second kappa shape index (κ2) is 4.39. The highest BCUT2D eigenvalue weighted by molar-refractivity contribution is 7.99. The second-order valence-corrected chi connectivity index (χ2v) is 6.97. The number of rotatable bonds is 2. The number of hydrogen-bond donors (Lipinski definition) is 4. The van der Waals surface area contributed by atoms with Crippen LogP contribution in [0.4, 0.5) is 0 Å². The minimum Gasteiger partial charge on any atom is -0.310 e. The zero-order chi connectivity index (χ0) is 14.3. The molecule has 0 unspecified atom stereocenters. The number of hydrogen-bond acceptors (Lipinski definition) is 6. The Balaban J connectivity index is 2.27. The Bertz CT molecular complexity index is 562. The zero-order valence-electron chi connectivity index (χ0n) is 10.4. The van der Waals surface area contributed by atoms with Crippen molar-refractivity contribution < 1.29 is 8.42 Å². The summed E-state index contributed by atoms with van der Waals surface area (Å²) in [6.07, 6.45) is 9.43. The maximum Gasteiger partial charge on any atom is 0.205 e. The van der Waals surface area contributed by atoms with Gasteiger partial charge in [-0.05, 0) is 24.3 Å². The van der Waals surface area contributed by atoms with Gasteiger partial charge in [-0.25, -0.2) is 8.42 Å². The first-order valence-corrected chi connectivity index (χ1v) is 7.30. The molecule has 2 aliphatic carbocycles. The fourth-order valence-corrected chi connectivity index (χ4v) is 3.21. The van der Waals surface area contributed by atoms with Gasteiger partial charge in [0.25, 0.3) is 0 Å². The SMILES string of the molecule is NC1(N)C=CC(S(=O)(=O)C2=CCC(N)(N)C=C2)=CC1. The van der Waals surface area contributed by atoms with Gasteiger partial charge in [-0.2, -0.15) is 0 Å². The molecule has 0 bridgehead atoms. The summed E-state index contributed by atoms with van der Waals surface area (Å²) in [5.41, 5.74) is 20.8. The van der Waals surface area contributed by atoms with E-state index in [1.807, 2.05) is 0 Å². The maximum absolute atomic E-state index is 12.4. The fourth-order valence-electron chi connectivity index (χ4n) is 1.84. The number of nitrogens with two attached hydrogens (primary N) is 4. The lowest BCUT2D eigenvalue weighted by Gasteiger charge is -2.25. The molecule has 0 aromatic heterocycles. The average molecular weight is 282 g/mol. The van der Waals surface area contributed by atoms with Crippen LogP contribution < -0.4 is 22.9 Å². The third-order valence-corrected chi connectivity index (χ3v) is 4.90. The van der Waals surface area contributed by atoms with E-state index in [4.69, 9.17) is 22.9 Å². The van der Waals surface area contributed by atoms with Gasteiger partial charge in [0.1, 0.15) is 0 Å². The van der Waals surface area contributed by atoms with Gasteiger partial charge in [0.05, 0.1) is 21.1 Å². The lowest BCUT2D eigenvalue weighted by atomic mass is 10.0.